The van der Waals surface area contributed by atoms with Gasteiger partial charge in [-0.3, -0.25) is 4.79 Å². The van der Waals surface area contributed by atoms with E-state index in [0.29, 0.717) is 19.7 Å². The third kappa shape index (κ3) is 3.06. The maximum atomic E-state index is 11.5. The molecule has 1 fully saturated rings. The number of benzene rings is 1. The number of morpholine rings is 1. The van der Waals surface area contributed by atoms with E-state index in [4.69, 9.17) is 10.5 Å². The molecular weight excluding hydrogens is 284 g/mol. The van der Waals surface area contributed by atoms with E-state index in [2.05, 4.69) is 15.9 Å². The molecule has 0 bridgehead atoms. The van der Waals surface area contributed by atoms with Gasteiger partial charge in [0.1, 0.15) is 6.10 Å². The Balaban J connectivity index is 2.06. The summed E-state index contributed by atoms with van der Waals surface area (Å²) in [6.07, 6.45) is -0.0488. The number of carbonyl (C=O) groups is 1. The summed E-state index contributed by atoms with van der Waals surface area (Å²) in [4.78, 5) is 13.3. The van der Waals surface area contributed by atoms with E-state index >= 15 is 0 Å². The molecule has 1 aliphatic rings. The summed E-state index contributed by atoms with van der Waals surface area (Å²) in [5, 5.41) is 0. The molecule has 4 nitrogen and oxygen atoms in total. The van der Waals surface area contributed by atoms with Gasteiger partial charge < -0.3 is 15.4 Å². The minimum absolute atomic E-state index is 0.0181. The second-order valence-corrected chi connectivity index (χ2v) is 4.87. The molecule has 0 spiro atoms. The first-order valence-corrected chi connectivity index (χ1v) is 6.35. The molecule has 1 amide bonds. The van der Waals surface area contributed by atoms with Gasteiger partial charge in [0.25, 0.3) is 0 Å². The van der Waals surface area contributed by atoms with Crippen LogP contribution in [0, 0.1) is 0 Å². The van der Waals surface area contributed by atoms with Gasteiger partial charge in [-0.15, -0.1) is 0 Å². The molecule has 1 saturated heterocycles. The lowest BCUT2D eigenvalue weighted by molar-refractivity contribution is -0.137. The monoisotopic (exact) mass is 298 g/mol. The first kappa shape index (κ1) is 12.5. The third-order valence-corrected chi connectivity index (χ3v) is 3.36. The molecule has 1 atom stereocenters. The minimum Gasteiger partial charge on any atom is -0.370 e. The lowest BCUT2D eigenvalue weighted by Gasteiger charge is -2.33. The van der Waals surface area contributed by atoms with Crippen LogP contribution in [0.25, 0.3) is 0 Å². The fourth-order valence-corrected chi connectivity index (χ4v) is 2.15. The number of halogens is 1. The lowest BCUT2D eigenvalue weighted by atomic mass is 10.1. The SMILES string of the molecule is NCC(=O)N1CCOC(c2ccc(Br)cc2)C1. The number of nitrogens with two attached hydrogens (primary N) is 1. The van der Waals surface area contributed by atoms with Gasteiger partial charge in [-0.2, -0.15) is 0 Å². The van der Waals surface area contributed by atoms with E-state index in [1.807, 2.05) is 24.3 Å². The largest absolute Gasteiger partial charge is 0.370 e. The molecule has 1 heterocycles. The highest BCUT2D eigenvalue weighted by molar-refractivity contribution is 9.10. The number of nitrogens with zero attached hydrogens (tertiary/aromatic N) is 1. The van der Waals surface area contributed by atoms with Crippen LogP contribution in [0.15, 0.2) is 28.7 Å². The van der Waals surface area contributed by atoms with Crippen molar-refractivity contribution in [2.45, 2.75) is 6.10 Å². The standard InChI is InChI=1S/C12H15BrN2O2/c13-10-3-1-9(2-4-10)11-8-15(5-6-17-11)12(16)7-14/h1-4,11H,5-8,14H2. The summed E-state index contributed by atoms with van der Waals surface area (Å²) >= 11 is 3.39. The van der Waals surface area contributed by atoms with Gasteiger partial charge in [0, 0.05) is 11.0 Å². The Morgan fingerprint density at radius 2 is 2.18 bits per heavy atom. The number of hydrogen-bond donors (Lipinski definition) is 1. The number of ether oxygens (including phenoxy) is 1. The predicted molar refractivity (Wildman–Crippen MR) is 68.5 cm³/mol. The number of rotatable bonds is 2. The van der Waals surface area contributed by atoms with Crippen LogP contribution in [0.1, 0.15) is 11.7 Å². The summed E-state index contributed by atoms with van der Waals surface area (Å²) in [5.41, 5.74) is 6.45. The molecule has 1 aromatic carbocycles. The van der Waals surface area contributed by atoms with Crippen molar-refractivity contribution in [1.29, 1.82) is 0 Å². The van der Waals surface area contributed by atoms with Crippen LogP contribution in [0.2, 0.25) is 0 Å². The highest BCUT2D eigenvalue weighted by Crippen LogP contribution is 2.23. The van der Waals surface area contributed by atoms with Crippen molar-refractivity contribution in [2.24, 2.45) is 5.73 Å². The molecule has 92 valence electrons. The molecule has 0 aliphatic carbocycles. The van der Waals surface area contributed by atoms with Gasteiger partial charge in [0.2, 0.25) is 5.91 Å². The molecule has 0 radical (unpaired) electrons. The van der Waals surface area contributed by atoms with Crippen molar-refractivity contribution in [2.75, 3.05) is 26.2 Å². The van der Waals surface area contributed by atoms with Crippen molar-refractivity contribution < 1.29 is 9.53 Å². The summed E-state index contributed by atoms with van der Waals surface area (Å²) < 4.78 is 6.71. The Morgan fingerprint density at radius 3 is 2.82 bits per heavy atom. The van der Waals surface area contributed by atoms with E-state index < -0.39 is 0 Å². The molecule has 0 saturated carbocycles. The molecule has 17 heavy (non-hydrogen) atoms. The van der Waals surface area contributed by atoms with E-state index in [1.54, 1.807) is 4.90 Å². The Labute approximate surface area is 109 Å². The fourth-order valence-electron chi connectivity index (χ4n) is 1.88. The van der Waals surface area contributed by atoms with Crippen LogP contribution in [0.3, 0.4) is 0 Å². The summed E-state index contributed by atoms with van der Waals surface area (Å²) in [7, 11) is 0. The first-order chi connectivity index (χ1) is 8.20. The van der Waals surface area contributed by atoms with Gasteiger partial charge >= 0.3 is 0 Å². The number of amides is 1. The second-order valence-electron chi connectivity index (χ2n) is 3.95. The van der Waals surface area contributed by atoms with Gasteiger partial charge in [-0.05, 0) is 17.7 Å². The highest BCUT2D eigenvalue weighted by Gasteiger charge is 2.24. The Hall–Kier alpha value is -0.910. The molecule has 1 unspecified atom stereocenters. The molecule has 2 N–H and O–H groups in total. The van der Waals surface area contributed by atoms with Crippen LogP contribution < -0.4 is 5.73 Å². The Morgan fingerprint density at radius 1 is 1.47 bits per heavy atom. The molecule has 0 aromatic heterocycles. The topological polar surface area (TPSA) is 55.6 Å². The molecule has 1 aliphatic heterocycles. The van der Waals surface area contributed by atoms with Crippen LogP contribution in [0.5, 0.6) is 0 Å². The van der Waals surface area contributed by atoms with Crippen molar-refractivity contribution in [3.05, 3.63) is 34.3 Å². The maximum Gasteiger partial charge on any atom is 0.236 e. The van der Waals surface area contributed by atoms with Gasteiger partial charge in [0.15, 0.2) is 0 Å². The summed E-state index contributed by atoms with van der Waals surface area (Å²) in [6.45, 7) is 1.83. The van der Waals surface area contributed by atoms with E-state index in [9.17, 15) is 4.79 Å². The maximum absolute atomic E-state index is 11.5. The molecule has 5 heteroatoms. The van der Waals surface area contributed by atoms with Crippen LogP contribution in [-0.2, 0) is 9.53 Å². The minimum atomic E-state index is -0.0488. The van der Waals surface area contributed by atoms with Crippen LogP contribution >= 0.6 is 15.9 Å². The van der Waals surface area contributed by atoms with Crippen LogP contribution in [0.4, 0.5) is 0 Å². The first-order valence-electron chi connectivity index (χ1n) is 5.55. The van der Waals surface area contributed by atoms with E-state index in [1.165, 1.54) is 0 Å². The smallest absolute Gasteiger partial charge is 0.236 e. The predicted octanol–water partition coefficient (Wildman–Crippen LogP) is 1.31. The average molecular weight is 299 g/mol. The zero-order chi connectivity index (χ0) is 12.3. The Kier molecular flexibility index (Phi) is 4.15. The molecular formula is C12H15BrN2O2. The zero-order valence-electron chi connectivity index (χ0n) is 9.43. The Bertz CT molecular complexity index is 394. The van der Waals surface area contributed by atoms with Gasteiger partial charge in [-0.1, -0.05) is 28.1 Å². The quantitative estimate of drug-likeness (QED) is 0.896. The van der Waals surface area contributed by atoms with Gasteiger partial charge in [-0.25, -0.2) is 0 Å². The van der Waals surface area contributed by atoms with E-state index in [0.717, 1.165) is 10.0 Å². The second kappa shape index (κ2) is 5.62. The lowest BCUT2D eigenvalue weighted by Crippen LogP contribution is -2.44. The van der Waals surface area contributed by atoms with E-state index in [-0.39, 0.29) is 18.6 Å². The average Bonchev–Trinajstić information content (AvgIpc) is 2.39. The van der Waals surface area contributed by atoms with Crippen molar-refractivity contribution in [3.63, 3.8) is 0 Å². The molecule has 1 aromatic rings. The third-order valence-electron chi connectivity index (χ3n) is 2.84. The molecule has 2 rings (SSSR count). The fraction of sp³-hybridized carbons (Fsp3) is 0.417. The van der Waals surface area contributed by atoms with Crippen molar-refractivity contribution in [1.82, 2.24) is 4.90 Å². The zero-order valence-corrected chi connectivity index (χ0v) is 11.0. The highest BCUT2D eigenvalue weighted by atomic mass is 79.9. The summed E-state index contributed by atoms with van der Waals surface area (Å²) in [6, 6.07) is 7.96. The number of carbonyl (C=O) groups excluding carboxylic acids is 1. The van der Waals surface area contributed by atoms with Crippen molar-refractivity contribution in [3.8, 4) is 0 Å². The number of hydrogen-bond acceptors (Lipinski definition) is 3. The normalized spacial score (nSPS) is 20.4. The van der Waals surface area contributed by atoms with Crippen LogP contribution in [-0.4, -0.2) is 37.0 Å². The van der Waals surface area contributed by atoms with Crippen molar-refractivity contribution >= 4 is 21.8 Å². The summed E-state index contributed by atoms with van der Waals surface area (Å²) in [5.74, 6) is -0.0181. The van der Waals surface area contributed by atoms with Gasteiger partial charge in [0.05, 0.1) is 19.7 Å².